The monoisotopic (exact) mass is 191 g/mol. The lowest BCUT2D eigenvalue weighted by atomic mass is 10.1. The summed E-state index contributed by atoms with van der Waals surface area (Å²) < 4.78 is 5.17. The van der Waals surface area contributed by atoms with Crippen LogP contribution in [0.15, 0.2) is 28.9 Å². The van der Waals surface area contributed by atoms with Crippen LogP contribution in [0.3, 0.4) is 0 Å². The van der Waals surface area contributed by atoms with Crippen LogP contribution in [0.1, 0.15) is 15.9 Å². The number of carbonyl (C=O) groups is 1. The Kier molecular flexibility index (Phi) is 1.98. The Hall–Kier alpha value is -1.81. The van der Waals surface area contributed by atoms with Gasteiger partial charge in [0.05, 0.1) is 6.26 Å². The molecule has 4 nitrogen and oxygen atoms in total. The number of fused-ring (bicyclic) bond motifs is 1. The molecule has 0 amide bonds. The zero-order valence-electron chi connectivity index (χ0n) is 7.36. The highest BCUT2D eigenvalue weighted by Crippen LogP contribution is 2.24. The number of benzene rings is 1. The summed E-state index contributed by atoms with van der Waals surface area (Å²) in [6.45, 7) is 0.343. The third-order valence-corrected chi connectivity index (χ3v) is 2.13. The fraction of sp³-hybridized carbons (Fsp3) is 0.100. The molecular weight excluding hydrogens is 182 g/mol. The van der Waals surface area contributed by atoms with E-state index in [0.717, 1.165) is 10.9 Å². The third-order valence-electron chi connectivity index (χ3n) is 2.13. The molecule has 0 atom stereocenters. The molecule has 0 aliphatic carbocycles. The molecule has 1 heterocycles. The number of para-hydroxylation sites is 1. The van der Waals surface area contributed by atoms with Gasteiger partial charge in [0.25, 0.3) is 0 Å². The highest BCUT2D eigenvalue weighted by Gasteiger charge is 2.12. The van der Waals surface area contributed by atoms with E-state index in [4.69, 9.17) is 15.3 Å². The number of carboxylic acids is 1. The topological polar surface area (TPSA) is 76.5 Å². The zero-order chi connectivity index (χ0) is 10.1. The van der Waals surface area contributed by atoms with Crippen LogP contribution in [0.25, 0.3) is 11.0 Å². The maximum atomic E-state index is 10.8. The predicted octanol–water partition coefficient (Wildman–Crippen LogP) is 1.59. The fourth-order valence-electron chi connectivity index (χ4n) is 1.44. The lowest BCUT2D eigenvalue weighted by Gasteiger charge is -1.95. The van der Waals surface area contributed by atoms with Crippen LogP contribution in [0, 0.1) is 0 Å². The van der Waals surface area contributed by atoms with E-state index in [9.17, 15) is 4.79 Å². The van der Waals surface area contributed by atoms with Crippen LogP contribution in [0.2, 0.25) is 0 Å². The van der Waals surface area contributed by atoms with Gasteiger partial charge in [-0.25, -0.2) is 4.79 Å². The van der Waals surface area contributed by atoms with E-state index in [0.29, 0.717) is 12.1 Å². The second-order valence-electron chi connectivity index (χ2n) is 2.95. The molecule has 3 N–H and O–H groups in total. The van der Waals surface area contributed by atoms with Crippen LogP contribution in [-0.4, -0.2) is 11.1 Å². The summed E-state index contributed by atoms with van der Waals surface area (Å²) in [7, 11) is 0. The molecule has 0 aliphatic heterocycles. The van der Waals surface area contributed by atoms with Crippen LogP contribution in [0.4, 0.5) is 0 Å². The molecule has 0 bridgehead atoms. The highest BCUT2D eigenvalue weighted by molar-refractivity contribution is 6.01. The Morgan fingerprint density at radius 3 is 2.93 bits per heavy atom. The van der Waals surface area contributed by atoms with Crippen molar-refractivity contribution in [3.05, 3.63) is 35.6 Å². The van der Waals surface area contributed by atoms with Crippen LogP contribution >= 0.6 is 0 Å². The molecule has 14 heavy (non-hydrogen) atoms. The van der Waals surface area contributed by atoms with Gasteiger partial charge >= 0.3 is 5.97 Å². The molecule has 0 radical (unpaired) electrons. The molecule has 2 aromatic rings. The van der Waals surface area contributed by atoms with E-state index >= 15 is 0 Å². The SMILES string of the molecule is NCc1coc2c(C(=O)O)cccc12. The molecule has 0 spiro atoms. The van der Waals surface area contributed by atoms with Gasteiger partial charge in [0.1, 0.15) is 11.1 Å². The Bertz CT molecular complexity index is 487. The number of nitrogens with two attached hydrogens (primary N) is 1. The van der Waals surface area contributed by atoms with E-state index in [1.165, 1.54) is 12.3 Å². The summed E-state index contributed by atoms with van der Waals surface area (Å²) in [5, 5.41) is 9.64. The van der Waals surface area contributed by atoms with Crippen LogP contribution < -0.4 is 5.73 Å². The van der Waals surface area contributed by atoms with Crippen molar-refractivity contribution in [2.75, 3.05) is 0 Å². The van der Waals surface area contributed by atoms with Crippen LogP contribution in [0.5, 0.6) is 0 Å². The van der Waals surface area contributed by atoms with E-state index < -0.39 is 5.97 Å². The number of hydrogen-bond donors (Lipinski definition) is 2. The third kappa shape index (κ3) is 1.16. The molecule has 4 heteroatoms. The molecule has 0 saturated heterocycles. The van der Waals surface area contributed by atoms with Crippen molar-refractivity contribution in [1.82, 2.24) is 0 Å². The first-order chi connectivity index (χ1) is 6.74. The van der Waals surface area contributed by atoms with Crippen LogP contribution in [-0.2, 0) is 6.54 Å². The maximum Gasteiger partial charge on any atom is 0.339 e. The van der Waals surface area contributed by atoms with Crippen molar-refractivity contribution in [3.8, 4) is 0 Å². The van der Waals surface area contributed by atoms with E-state index in [1.807, 2.05) is 0 Å². The van der Waals surface area contributed by atoms with Crippen molar-refractivity contribution in [3.63, 3.8) is 0 Å². The first kappa shape index (κ1) is 8.77. The van der Waals surface area contributed by atoms with Gasteiger partial charge in [-0.05, 0) is 6.07 Å². The minimum absolute atomic E-state index is 0.169. The van der Waals surface area contributed by atoms with Gasteiger partial charge in [0, 0.05) is 17.5 Å². The van der Waals surface area contributed by atoms with E-state index in [1.54, 1.807) is 12.1 Å². The minimum atomic E-state index is -0.992. The van der Waals surface area contributed by atoms with Crippen molar-refractivity contribution in [2.45, 2.75) is 6.54 Å². The van der Waals surface area contributed by atoms with Crippen molar-refractivity contribution < 1.29 is 14.3 Å². The average Bonchev–Trinajstić information content (AvgIpc) is 2.59. The molecule has 0 unspecified atom stereocenters. The molecule has 1 aromatic heterocycles. The van der Waals surface area contributed by atoms with E-state index in [-0.39, 0.29) is 5.56 Å². The molecule has 0 saturated carbocycles. The Morgan fingerprint density at radius 2 is 2.29 bits per heavy atom. The molecular formula is C10H9NO3. The first-order valence-corrected chi connectivity index (χ1v) is 4.16. The van der Waals surface area contributed by atoms with E-state index in [2.05, 4.69) is 0 Å². The largest absolute Gasteiger partial charge is 0.478 e. The van der Waals surface area contributed by atoms with Crippen molar-refractivity contribution >= 4 is 16.9 Å². The summed E-state index contributed by atoms with van der Waals surface area (Å²) in [6, 6.07) is 4.99. The Morgan fingerprint density at radius 1 is 1.50 bits per heavy atom. The summed E-state index contributed by atoms with van der Waals surface area (Å²) in [6.07, 6.45) is 1.50. The average molecular weight is 191 g/mol. The number of furan rings is 1. The second kappa shape index (κ2) is 3.16. The molecule has 1 aromatic carbocycles. The molecule has 72 valence electrons. The number of carboxylic acid groups (broad SMARTS) is 1. The summed E-state index contributed by atoms with van der Waals surface area (Å²) in [5.41, 5.74) is 6.86. The van der Waals surface area contributed by atoms with Gasteiger partial charge in [-0.1, -0.05) is 12.1 Å². The lowest BCUT2D eigenvalue weighted by Crippen LogP contribution is -1.97. The first-order valence-electron chi connectivity index (χ1n) is 4.16. The van der Waals surface area contributed by atoms with Gasteiger partial charge in [-0.3, -0.25) is 0 Å². The number of rotatable bonds is 2. The van der Waals surface area contributed by atoms with Gasteiger partial charge < -0.3 is 15.3 Å². The molecule has 0 aliphatic rings. The van der Waals surface area contributed by atoms with Gasteiger partial charge in [0.2, 0.25) is 0 Å². The Balaban J connectivity index is 2.76. The van der Waals surface area contributed by atoms with Crippen molar-refractivity contribution in [1.29, 1.82) is 0 Å². The minimum Gasteiger partial charge on any atom is -0.478 e. The predicted molar refractivity (Wildman–Crippen MR) is 51.1 cm³/mol. The van der Waals surface area contributed by atoms with Gasteiger partial charge in [-0.15, -0.1) is 0 Å². The molecule has 0 fully saturated rings. The maximum absolute atomic E-state index is 10.8. The van der Waals surface area contributed by atoms with Crippen molar-refractivity contribution in [2.24, 2.45) is 5.73 Å². The van der Waals surface area contributed by atoms with Gasteiger partial charge in [0.15, 0.2) is 0 Å². The number of aromatic carboxylic acids is 1. The number of hydrogen-bond acceptors (Lipinski definition) is 3. The summed E-state index contributed by atoms with van der Waals surface area (Å²) in [4.78, 5) is 10.8. The second-order valence-corrected chi connectivity index (χ2v) is 2.95. The molecule has 2 rings (SSSR count). The smallest absolute Gasteiger partial charge is 0.339 e. The quantitative estimate of drug-likeness (QED) is 0.755. The Labute approximate surface area is 79.9 Å². The lowest BCUT2D eigenvalue weighted by molar-refractivity contribution is 0.0698. The summed E-state index contributed by atoms with van der Waals surface area (Å²) in [5.74, 6) is -0.992. The normalized spacial score (nSPS) is 10.6. The zero-order valence-corrected chi connectivity index (χ0v) is 7.36. The highest BCUT2D eigenvalue weighted by atomic mass is 16.4. The summed E-state index contributed by atoms with van der Waals surface area (Å²) >= 11 is 0. The van der Waals surface area contributed by atoms with Gasteiger partial charge in [-0.2, -0.15) is 0 Å². The standard InChI is InChI=1S/C10H9NO3/c11-4-6-5-14-9-7(6)2-1-3-8(9)10(12)13/h1-3,5H,4,11H2,(H,12,13). The fourth-order valence-corrected chi connectivity index (χ4v) is 1.44.